The lowest BCUT2D eigenvalue weighted by Crippen LogP contribution is -2.59. The highest BCUT2D eigenvalue weighted by Crippen LogP contribution is 2.28. The number of carbonyl (C=O) groups is 7. The van der Waals surface area contributed by atoms with Crippen LogP contribution < -0.4 is 10.6 Å². The number of rotatable bonds is 25. The van der Waals surface area contributed by atoms with E-state index in [9.17, 15) is 33.6 Å². The minimum atomic E-state index is -0.912. The Labute approximate surface area is 431 Å². The number of hydrogen-bond acceptors (Lipinski definition) is 8. The van der Waals surface area contributed by atoms with Crippen molar-refractivity contribution in [3.63, 3.8) is 0 Å². The van der Waals surface area contributed by atoms with Gasteiger partial charge in [0, 0.05) is 77.2 Å². The third-order valence-corrected chi connectivity index (χ3v) is 14.3. The molecule has 0 bridgehead atoms. The molecule has 2 aromatic carbocycles. The maximum Gasteiger partial charge on any atom is 0.410 e. The van der Waals surface area contributed by atoms with Gasteiger partial charge in [-0.05, 0) is 102 Å². The van der Waals surface area contributed by atoms with Gasteiger partial charge >= 0.3 is 6.09 Å². The first-order chi connectivity index (χ1) is 34.0. The average molecular weight is 1000 g/mol. The molecule has 0 saturated carbocycles. The van der Waals surface area contributed by atoms with Crippen LogP contribution in [0.4, 0.5) is 4.79 Å². The van der Waals surface area contributed by atoms with E-state index in [1.54, 1.807) is 32.6 Å². The molecule has 4 rings (SSSR count). The molecule has 400 valence electrons. The second-order valence-corrected chi connectivity index (χ2v) is 22.2. The first kappa shape index (κ1) is 59.1. The monoisotopic (exact) mass is 1000 g/mol. The molecule has 72 heavy (non-hydrogen) atoms. The summed E-state index contributed by atoms with van der Waals surface area (Å²) >= 11 is 0. The van der Waals surface area contributed by atoms with E-state index in [4.69, 9.17) is 4.74 Å². The summed E-state index contributed by atoms with van der Waals surface area (Å²) in [7, 11) is 1.50. The predicted molar refractivity (Wildman–Crippen MR) is 283 cm³/mol. The molecule has 0 radical (unpaired) electrons. The molecule has 2 saturated heterocycles. The highest BCUT2D eigenvalue weighted by Gasteiger charge is 2.42. The molecular weight excluding hydrogens is 911 g/mol. The van der Waals surface area contributed by atoms with Gasteiger partial charge in [-0.3, -0.25) is 33.7 Å². The number of carbonyl (C=O) groups excluding carboxylic acids is 7. The van der Waals surface area contributed by atoms with E-state index in [2.05, 4.69) is 17.6 Å². The molecule has 0 aromatic heterocycles. The van der Waals surface area contributed by atoms with E-state index >= 15 is 0 Å². The Kier molecular flexibility index (Phi) is 23.1. The van der Waals surface area contributed by atoms with Crippen molar-refractivity contribution in [2.45, 2.75) is 189 Å². The molecule has 0 aliphatic carbocycles. The number of hydrogen-bond donors (Lipinski definition) is 2. The highest BCUT2D eigenvalue weighted by atomic mass is 16.6. The second-order valence-electron chi connectivity index (χ2n) is 22.2. The molecule has 15 heteroatoms. The fourth-order valence-corrected chi connectivity index (χ4v) is 9.41. The Morgan fingerprint density at radius 3 is 1.61 bits per heavy atom. The quantitative estimate of drug-likeness (QED) is 0.102. The third kappa shape index (κ3) is 18.2. The van der Waals surface area contributed by atoms with Gasteiger partial charge in [0.15, 0.2) is 0 Å². The number of ether oxygens (including phenoxy) is 1. The topological polar surface area (TPSA) is 169 Å². The Bertz CT molecular complexity index is 2070. The highest BCUT2D eigenvalue weighted by molar-refractivity contribution is 5.92. The normalized spacial score (nSPS) is 17.6. The zero-order chi connectivity index (χ0) is 53.2. The Morgan fingerprint density at radius 1 is 0.681 bits per heavy atom. The van der Waals surface area contributed by atoms with Gasteiger partial charge in [0.05, 0.1) is 0 Å². The van der Waals surface area contributed by atoms with Crippen LogP contribution >= 0.6 is 0 Å². The summed E-state index contributed by atoms with van der Waals surface area (Å²) in [5.74, 6) is -1.29. The fourth-order valence-electron chi connectivity index (χ4n) is 9.41. The van der Waals surface area contributed by atoms with Crippen molar-refractivity contribution in [3.8, 4) is 0 Å². The average Bonchev–Trinajstić information content (AvgIpc) is 4.02. The van der Waals surface area contributed by atoms with E-state index in [0.29, 0.717) is 77.8 Å². The molecule has 2 heterocycles. The predicted octanol–water partition coefficient (Wildman–Crippen LogP) is 7.79. The van der Waals surface area contributed by atoms with Crippen molar-refractivity contribution in [2.75, 3.05) is 46.3 Å². The Morgan fingerprint density at radius 2 is 1.17 bits per heavy atom. The van der Waals surface area contributed by atoms with Crippen molar-refractivity contribution < 1.29 is 38.3 Å². The largest absolute Gasteiger partial charge is 0.444 e. The first-order valence-corrected chi connectivity index (χ1v) is 26.8. The molecule has 2 aliphatic rings. The number of unbranched alkanes of at least 4 members (excludes halogenated alkanes) is 1. The second kappa shape index (κ2) is 28.1. The maximum absolute atomic E-state index is 14.6. The van der Waals surface area contributed by atoms with Crippen molar-refractivity contribution >= 4 is 41.5 Å². The number of nitrogens with one attached hydrogen (secondary N) is 2. The van der Waals surface area contributed by atoms with E-state index in [1.165, 1.54) is 11.9 Å². The van der Waals surface area contributed by atoms with Crippen LogP contribution in [-0.2, 0) is 46.3 Å². The molecule has 0 spiro atoms. The van der Waals surface area contributed by atoms with Gasteiger partial charge < -0.3 is 35.0 Å². The number of benzene rings is 2. The van der Waals surface area contributed by atoms with Crippen LogP contribution in [0.2, 0.25) is 0 Å². The molecule has 0 unspecified atom stereocenters. The lowest BCUT2D eigenvalue weighted by molar-refractivity contribution is -0.142. The van der Waals surface area contributed by atoms with Crippen LogP contribution in [0, 0.1) is 11.3 Å². The van der Waals surface area contributed by atoms with Crippen LogP contribution in [0.1, 0.15) is 151 Å². The fraction of sp³-hybridized carbons (Fsp3) is 0.667. The van der Waals surface area contributed by atoms with E-state index in [-0.39, 0.29) is 60.4 Å². The summed E-state index contributed by atoms with van der Waals surface area (Å²) in [6, 6.07) is 17.1. The molecule has 2 fully saturated rings. The molecule has 2 aliphatic heterocycles. The minimum Gasteiger partial charge on any atom is -0.444 e. The number of likely N-dealkylation sites (tertiary alicyclic amines) is 2. The van der Waals surface area contributed by atoms with E-state index < -0.39 is 41.1 Å². The molecular formula is C57H89N7O8. The Balaban J connectivity index is 1.49. The molecule has 2 N–H and O–H groups in total. The van der Waals surface area contributed by atoms with Gasteiger partial charge in [0.1, 0.15) is 23.7 Å². The van der Waals surface area contributed by atoms with Gasteiger partial charge in [-0.15, -0.1) is 0 Å². The van der Waals surface area contributed by atoms with Gasteiger partial charge in [0.25, 0.3) is 0 Å². The summed E-state index contributed by atoms with van der Waals surface area (Å²) < 4.78 is 5.49. The zero-order valence-electron chi connectivity index (χ0n) is 45.7. The third-order valence-electron chi connectivity index (χ3n) is 14.3. The van der Waals surface area contributed by atoms with Crippen LogP contribution in [0.5, 0.6) is 0 Å². The SMILES string of the molecule is CCCC[C@H](NC(=O)[C@H](C)CC)C(=O)N1CCC[C@H]1CN(CCc1ccccc1)C(=O)CCCC(=O)N(CCc1ccccc1)C[C@@H]1CCCN1C(=O)[C@@H](NC(=O)[C@H](C)N(C)C(=O)OC(C)(C)C)C(C)(C)C. The number of amides is 7. The van der Waals surface area contributed by atoms with Crippen molar-refractivity contribution in [3.05, 3.63) is 71.8 Å². The van der Waals surface area contributed by atoms with E-state index in [0.717, 1.165) is 43.2 Å². The smallest absolute Gasteiger partial charge is 0.410 e. The summed E-state index contributed by atoms with van der Waals surface area (Å²) in [6.07, 6.45) is 7.18. The summed E-state index contributed by atoms with van der Waals surface area (Å²) in [4.78, 5) is 106. The first-order valence-electron chi connectivity index (χ1n) is 26.8. The lowest BCUT2D eigenvalue weighted by Gasteiger charge is -2.38. The van der Waals surface area contributed by atoms with Gasteiger partial charge in [-0.25, -0.2) is 4.79 Å². The van der Waals surface area contributed by atoms with Crippen molar-refractivity contribution in [1.82, 2.24) is 35.1 Å². The van der Waals surface area contributed by atoms with E-state index in [1.807, 2.05) is 110 Å². The molecule has 7 amide bonds. The van der Waals surface area contributed by atoms with Crippen LogP contribution in [0.15, 0.2) is 60.7 Å². The molecule has 6 atom stereocenters. The zero-order valence-corrected chi connectivity index (χ0v) is 45.7. The molecule has 2 aromatic rings. The summed E-state index contributed by atoms with van der Waals surface area (Å²) in [5.41, 5.74) is 0.752. The minimum absolute atomic E-state index is 0.0732. The van der Waals surface area contributed by atoms with Crippen molar-refractivity contribution in [1.29, 1.82) is 0 Å². The van der Waals surface area contributed by atoms with Gasteiger partial charge in [-0.2, -0.15) is 0 Å². The number of nitrogens with zero attached hydrogens (tertiary/aromatic N) is 5. The lowest BCUT2D eigenvalue weighted by atomic mass is 9.85. The van der Waals surface area contributed by atoms with Crippen LogP contribution in [0.25, 0.3) is 0 Å². The van der Waals surface area contributed by atoms with Gasteiger partial charge in [0.2, 0.25) is 35.4 Å². The Hall–Kier alpha value is -5.47. The molecule has 15 nitrogen and oxygen atoms in total. The van der Waals surface area contributed by atoms with Crippen LogP contribution in [-0.4, -0.2) is 148 Å². The van der Waals surface area contributed by atoms with Crippen molar-refractivity contribution in [2.24, 2.45) is 11.3 Å². The van der Waals surface area contributed by atoms with Crippen LogP contribution in [0.3, 0.4) is 0 Å². The number of likely N-dealkylation sites (N-methyl/N-ethyl adjacent to an activating group) is 1. The maximum atomic E-state index is 14.6. The summed E-state index contributed by atoms with van der Waals surface area (Å²) in [6.45, 7) is 21.1. The van der Waals surface area contributed by atoms with Gasteiger partial charge in [-0.1, -0.05) is 115 Å². The summed E-state index contributed by atoms with van der Waals surface area (Å²) in [5, 5.41) is 6.02. The standard InChI is InChI=1S/C57H89N7O8/c1-12-14-30-47(58-51(67)41(3)13-2)53(69)63-35-22-28-45(63)39-61(37-33-43-24-17-15-18-25-43)48(65)31-21-32-49(66)62(38-34-44-26-19-16-20-27-44)40-46-29-23-36-64(46)54(70)50(56(5,6)7)59-52(68)42(4)60(11)55(71)72-57(8,9)10/h15-20,24-27,41-42,45-47,50H,12-14,21-23,28-40H2,1-11H3,(H,58,67)(H,59,68)/t41-,42+,45+,46+,47+,50-/m1/s1.